The Kier molecular flexibility index (Phi) is 6.84. The Hall–Kier alpha value is -1.83. The molecule has 0 aliphatic heterocycles. The Morgan fingerprint density at radius 1 is 1.11 bits per heavy atom. The molecule has 0 saturated carbocycles. The fourth-order valence-corrected chi connectivity index (χ4v) is 0.975. The molecule has 0 radical (unpaired) electrons. The lowest BCUT2D eigenvalue weighted by atomic mass is 10.2. The minimum absolute atomic E-state index is 0.222. The van der Waals surface area contributed by atoms with Gasteiger partial charge < -0.3 is 14.9 Å². The molecule has 4 nitrogen and oxygen atoms in total. The Balaban J connectivity index is 0.000000555. The average Bonchev–Trinajstić information content (AvgIpc) is 2.38. The van der Waals surface area contributed by atoms with E-state index in [1.165, 1.54) is 0 Å². The van der Waals surface area contributed by atoms with Gasteiger partial charge in [-0.2, -0.15) is 8.78 Å². The van der Waals surface area contributed by atoms with Crippen LogP contribution >= 0.6 is 0 Å². The highest BCUT2D eigenvalue weighted by molar-refractivity contribution is 5.66. The number of aliphatic carboxylic acids is 1. The van der Waals surface area contributed by atoms with Gasteiger partial charge in [0.25, 0.3) is 0 Å². The first kappa shape index (κ1) is 17.2. The third-order valence-corrected chi connectivity index (χ3v) is 1.98. The van der Waals surface area contributed by atoms with Crippen LogP contribution in [0.5, 0.6) is 5.75 Å². The van der Waals surface area contributed by atoms with Gasteiger partial charge in [-0.15, -0.1) is 0 Å². The minimum atomic E-state index is -1.66. The number of methoxy groups -OCH3 is 1. The molecule has 108 valence electrons. The molecule has 1 aromatic carbocycles. The van der Waals surface area contributed by atoms with E-state index < -0.39 is 47.2 Å². The number of carbonyl (C=O) groups is 1. The maximum Gasteiger partial charge on any atom is 0.303 e. The number of rotatable bonds is 3. The van der Waals surface area contributed by atoms with Gasteiger partial charge in [0.05, 0.1) is 19.3 Å². The summed E-state index contributed by atoms with van der Waals surface area (Å²) in [6.45, 7) is 0.470. The predicted octanol–water partition coefficient (Wildman–Crippen LogP) is 2.22. The zero-order valence-corrected chi connectivity index (χ0v) is 10.1. The number of hydrogen-bond donors (Lipinski definition) is 2. The van der Waals surface area contributed by atoms with Crippen molar-refractivity contribution in [1.82, 2.24) is 0 Å². The van der Waals surface area contributed by atoms with E-state index in [4.69, 9.17) is 10.2 Å². The third-order valence-electron chi connectivity index (χ3n) is 1.98. The monoisotopic (exact) mass is 284 g/mol. The summed E-state index contributed by atoms with van der Waals surface area (Å²) in [7, 11) is 0.874. The number of carboxylic acids is 1. The van der Waals surface area contributed by atoms with E-state index in [9.17, 15) is 22.4 Å². The van der Waals surface area contributed by atoms with Crippen LogP contribution in [0.4, 0.5) is 17.6 Å². The van der Waals surface area contributed by atoms with Crippen molar-refractivity contribution in [2.45, 2.75) is 20.0 Å². The number of benzene rings is 1. The van der Waals surface area contributed by atoms with Crippen molar-refractivity contribution in [1.29, 1.82) is 0 Å². The first-order valence-corrected chi connectivity index (χ1v) is 5.03. The normalized spacial score (nSPS) is 9.63. The fourth-order valence-electron chi connectivity index (χ4n) is 0.975. The summed E-state index contributed by atoms with van der Waals surface area (Å²) in [6, 6.07) is 0. The molecule has 0 saturated heterocycles. The van der Waals surface area contributed by atoms with Crippen LogP contribution < -0.4 is 4.74 Å². The molecule has 0 bridgehead atoms. The predicted molar refractivity (Wildman–Crippen MR) is 56.7 cm³/mol. The molecule has 0 unspecified atom stereocenters. The highest BCUT2D eigenvalue weighted by atomic mass is 19.2. The van der Waals surface area contributed by atoms with Crippen LogP contribution in [0.15, 0.2) is 0 Å². The average molecular weight is 284 g/mol. The molecule has 1 aromatic rings. The van der Waals surface area contributed by atoms with Crippen LogP contribution in [0, 0.1) is 23.3 Å². The summed E-state index contributed by atoms with van der Waals surface area (Å²) < 4.78 is 55.6. The van der Waals surface area contributed by atoms with Crippen molar-refractivity contribution in [3.8, 4) is 5.75 Å². The number of carboxylic acid groups (broad SMARTS) is 1. The van der Waals surface area contributed by atoms with Gasteiger partial charge in [0, 0.05) is 6.42 Å². The summed E-state index contributed by atoms with van der Waals surface area (Å²) in [4.78, 5) is 9.37. The maximum atomic E-state index is 12.9. The highest BCUT2D eigenvalue weighted by Gasteiger charge is 2.25. The van der Waals surface area contributed by atoms with Gasteiger partial charge in [-0.3, -0.25) is 4.79 Å². The highest BCUT2D eigenvalue weighted by Crippen LogP contribution is 2.29. The second kappa shape index (κ2) is 7.57. The summed E-state index contributed by atoms with van der Waals surface area (Å²) in [5, 5.41) is 16.2. The molecule has 8 heteroatoms. The largest absolute Gasteiger partial charge is 0.491 e. The van der Waals surface area contributed by atoms with E-state index in [1.807, 2.05) is 0 Å². The zero-order valence-electron chi connectivity index (χ0n) is 10.1. The zero-order chi connectivity index (χ0) is 15.2. The molecule has 0 heterocycles. The molecule has 0 fully saturated rings. The summed E-state index contributed by atoms with van der Waals surface area (Å²) in [6.07, 6.45) is 0.222. The fraction of sp³-hybridized carbons (Fsp3) is 0.364. The van der Waals surface area contributed by atoms with Gasteiger partial charge in [-0.25, -0.2) is 8.78 Å². The molecule has 0 atom stereocenters. The molecule has 19 heavy (non-hydrogen) atoms. The lowest BCUT2D eigenvalue weighted by Crippen LogP contribution is -2.06. The summed E-state index contributed by atoms with van der Waals surface area (Å²) >= 11 is 0. The van der Waals surface area contributed by atoms with E-state index in [-0.39, 0.29) is 6.42 Å². The van der Waals surface area contributed by atoms with Crippen molar-refractivity contribution >= 4 is 5.97 Å². The van der Waals surface area contributed by atoms with E-state index in [0.717, 1.165) is 7.11 Å². The molecule has 2 N–H and O–H groups in total. The van der Waals surface area contributed by atoms with Gasteiger partial charge in [0.1, 0.15) is 0 Å². The van der Waals surface area contributed by atoms with Crippen molar-refractivity contribution in [3.63, 3.8) is 0 Å². The van der Waals surface area contributed by atoms with Crippen LogP contribution in [0.1, 0.15) is 18.9 Å². The van der Waals surface area contributed by atoms with Crippen LogP contribution in [-0.2, 0) is 11.4 Å². The second-order valence-electron chi connectivity index (χ2n) is 3.17. The summed E-state index contributed by atoms with van der Waals surface area (Å²) in [5.74, 6) is -8.50. The lowest BCUT2D eigenvalue weighted by Gasteiger charge is -2.08. The van der Waals surface area contributed by atoms with E-state index >= 15 is 0 Å². The number of aliphatic hydroxyl groups is 1. The Labute approximate surface area is 106 Å². The van der Waals surface area contributed by atoms with Crippen molar-refractivity contribution in [2.24, 2.45) is 0 Å². The van der Waals surface area contributed by atoms with Gasteiger partial charge >= 0.3 is 5.97 Å². The van der Waals surface area contributed by atoms with Crippen molar-refractivity contribution in [2.75, 3.05) is 7.11 Å². The third kappa shape index (κ3) is 4.09. The second-order valence-corrected chi connectivity index (χ2v) is 3.17. The first-order valence-electron chi connectivity index (χ1n) is 5.03. The van der Waals surface area contributed by atoms with Gasteiger partial charge in [0.15, 0.2) is 17.4 Å². The first-order chi connectivity index (χ1) is 8.81. The Morgan fingerprint density at radius 3 is 1.68 bits per heavy atom. The Bertz CT molecular complexity index is 398. The van der Waals surface area contributed by atoms with Crippen LogP contribution in [0.3, 0.4) is 0 Å². The molecule has 0 spiro atoms. The number of aliphatic hydroxyl groups excluding tert-OH is 1. The lowest BCUT2D eigenvalue weighted by molar-refractivity contribution is -0.136. The minimum Gasteiger partial charge on any atom is -0.491 e. The topological polar surface area (TPSA) is 66.8 Å². The number of hydrogen-bond acceptors (Lipinski definition) is 3. The number of ether oxygens (including phenoxy) is 1. The number of halogens is 4. The molecule has 0 aliphatic carbocycles. The quantitative estimate of drug-likeness (QED) is 0.660. The van der Waals surface area contributed by atoms with Crippen molar-refractivity contribution in [3.05, 3.63) is 28.8 Å². The van der Waals surface area contributed by atoms with Crippen LogP contribution in [-0.4, -0.2) is 23.3 Å². The molecular formula is C11H12F4O4. The van der Waals surface area contributed by atoms with Crippen LogP contribution in [0.25, 0.3) is 0 Å². The van der Waals surface area contributed by atoms with Crippen LogP contribution in [0.2, 0.25) is 0 Å². The van der Waals surface area contributed by atoms with E-state index in [0.29, 0.717) is 0 Å². The maximum absolute atomic E-state index is 12.9. The summed E-state index contributed by atoms with van der Waals surface area (Å²) in [5.41, 5.74) is -1.05. The van der Waals surface area contributed by atoms with Gasteiger partial charge in [-0.1, -0.05) is 6.92 Å². The van der Waals surface area contributed by atoms with Crippen molar-refractivity contribution < 1.29 is 37.3 Å². The Morgan fingerprint density at radius 2 is 1.47 bits per heavy atom. The molecule has 0 aromatic heterocycles. The van der Waals surface area contributed by atoms with E-state index in [2.05, 4.69) is 4.74 Å². The molecule has 0 aliphatic rings. The molecule has 0 amide bonds. The van der Waals surface area contributed by atoms with Gasteiger partial charge in [-0.05, 0) is 0 Å². The SMILES string of the molecule is CCC(=O)O.COc1c(F)c(F)c(CO)c(F)c1F. The smallest absolute Gasteiger partial charge is 0.303 e. The molecular weight excluding hydrogens is 272 g/mol. The standard InChI is InChI=1S/C8H6F4O2.C3H6O2/c1-14-8-6(11)4(9)3(2-13)5(10)7(8)12;1-2-3(4)5/h13H,2H2,1H3;2H2,1H3,(H,4,5). The van der Waals surface area contributed by atoms with Gasteiger partial charge in [0.2, 0.25) is 11.6 Å². The molecule has 1 rings (SSSR count). The van der Waals surface area contributed by atoms with E-state index in [1.54, 1.807) is 6.92 Å².